The van der Waals surface area contributed by atoms with Crippen LogP contribution < -0.4 is 14.8 Å². The predicted molar refractivity (Wildman–Crippen MR) is 89.6 cm³/mol. The summed E-state index contributed by atoms with van der Waals surface area (Å²) in [6.45, 7) is 0. The van der Waals surface area contributed by atoms with Gasteiger partial charge in [0, 0.05) is 29.0 Å². The number of pyridine rings is 1. The molecule has 3 aromatic rings. The van der Waals surface area contributed by atoms with E-state index in [1.54, 1.807) is 24.4 Å². The van der Waals surface area contributed by atoms with Crippen LogP contribution in [-0.4, -0.2) is 19.2 Å². The highest BCUT2D eigenvalue weighted by molar-refractivity contribution is 5.95. The molecule has 25 heavy (non-hydrogen) atoms. The Kier molecular flexibility index (Phi) is 4.39. The minimum Gasteiger partial charge on any atom is -0.493 e. The predicted octanol–water partition coefficient (Wildman–Crippen LogP) is 5.01. The first-order chi connectivity index (χ1) is 11.9. The van der Waals surface area contributed by atoms with Gasteiger partial charge in [0.25, 0.3) is 0 Å². The molecule has 7 heteroatoms. The molecule has 0 aliphatic heterocycles. The van der Waals surface area contributed by atoms with Crippen molar-refractivity contribution < 1.29 is 22.6 Å². The van der Waals surface area contributed by atoms with E-state index in [1.165, 1.54) is 26.4 Å². The molecule has 0 unspecified atom stereocenters. The third-order valence-corrected chi connectivity index (χ3v) is 3.74. The summed E-state index contributed by atoms with van der Waals surface area (Å²) in [7, 11) is 3.07. The Morgan fingerprint density at radius 2 is 1.56 bits per heavy atom. The molecule has 0 aliphatic rings. The second-order valence-corrected chi connectivity index (χ2v) is 5.28. The zero-order valence-electron chi connectivity index (χ0n) is 13.5. The van der Waals surface area contributed by atoms with Crippen molar-refractivity contribution in [2.45, 2.75) is 6.18 Å². The number of fused-ring (bicyclic) bond motifs is 1. The number of halogens is 3. The number of hydrogen-bond donors (Lipinski definition) is 1. The van der Waals surface area contributed by atoms with Crippen LogP contribution in [0.3, 0.4) is 0 Å². The van der Waals surface area contributed by atoms with Gasteiger partial charge >= 0.3 is 6.18 Å². The molecule has 0 atom stereocenters. The van der Waals surface area contributed by atoms with Gasteiger partial charge in [0.05, 0.1) is 25.3 Å². The molecule has 0 saturated carbocycles. The summed E-state index contributed by atoms with van der Waals surface area (Å²) in [5, 5.41) is 3.87. The Hall–Kier alpha value is -2.96. The maximum Gasteiger partial charge on any atom is 0.416 e. The Morgan fingerprint density at radius 1 is 0.920 bits per heavy atom. The lowest BCUT2D eigenvalue weighted by atomic mass is 10.1. The minimum atomic E-state index is -4.36. The number of anilines is 2. The number of alkyl halides is 3. The van der Waals surface area contributed by atoms with Gasteiger partial charge in [-0.05, 0) is 36.4 Å². The number of aromatic nitrogens is 1. The van der Waals surface area contributed by atoms with Gasteiger partial charge in [-0.25, -0.2) is 0 Å². The summed E-state index contributed by atoms with van der Waals surface area (Å²) >= 11 is 0. The molecular weight excluding hydrogens is 333 g/mol. The van der Waals surface area contributed by atoms with Gasteiger partial charge in [-0.15, -0.1) is 0 Å². The Labute approximate surface area is 142 Å². The number of hydrogen-bond acceptors (Lipinski definition) is 4. The van der Waals surface area contributed by atoms with Crippen molar-refractivity contribution in [1.29, 1.82) is 0 Å². The van der Waals surface area contributed by atoms with Crippen molar-refractivity contribution in [3.05, 3.63) is 54.2 Å². The fraction of sp³-hybridized carbons (Fsp3) is 0.167. The van der Waals surface area contributed by atoms with Crippen LogP contribution in [0, 0.1) is 0 Å². The zero-order chi connectivity index (χ0) is 18.0. The number of nitrogens with one attached hydrogen (secondary N) is 1. The van der Waals surface area contributed by atoms with Crippen molar-refractivity contribution in [2.24, 2.45) is 0 Å². The molecule has 130 valence electrons. The van der Waals surface area contributed by atoms with Crippen molar-refractivity contribution in [2.75, 3.05) is 19.5 Å². The minimum absolute atomic E-state index is 0.537. The topological polar surface area (TPSA) is 43.4 Å². The van der Waals surface area contributed by atoms with Crippen LogP contribution in [0.2, 0.25) is 0 Å². The molecular formula is C18H15F3N2O2. The maximum absolute atomic E-state index is 12.7. The molecule has 2 aromatic carbocycles. The molecule has 1 N–H and O–H groups in total. The monoisotopic (exact) mass is 348 g/mol. The van der Waals surface area contributed by atoms with Gasteiger partial charge in [0.1, 0.15) is 0 Å². The molecule has 0 radical (unpaired) electrons. The van der Waals surface area contributed by atoms with Crippen LogP contribution in [-0.2, 0) is 6.18 Å². The van der Waals surface area contributed by atoms with Crippen LogP contribution >= 0.6 is 0 Å². The van der Waals surface area contributed by atoms with E-state index >= 15 is 0 Å². The van der Waals surface area contributed by atoms with Crippen molar-refractivity contribution >= 4 is 22.3 Å². The van der Waals surface area contributed by atoms with Crippen molar-refractivity contribution in [3.63, 3.8) is 0 Å². The molecule has 1 heterocycles. The second kappa shape index (κ2) is 6.51. The quantitative estimate of drug-likeness (QED) is 0.719. The first-order valence-electron chi connectivity index (χ1n) is 7.37. The molecule has 1 aromatic heterocycles. The first kappa shape index (κ1) is 16.9. The van der Waals surface area contributed by atoms with Gasteiger partial charge in [0.2, 0.25) is 0 Å². The Bertz CT molecular complexity index is 893. The summed E-state index contributed by atoms with van der Waals surface area (Å²) in [4.78, 5) is 4.29. The SMILES string of the molecule is COc1cc2nccc(Nc3ccc(C(F)(F)F)cc3)c2cc1OC. The van der Waals surface area contributed by atoms with Crippen LogP contribution in [0.15, 0.2) is 48.7 Å². The van der Waals surface area contributed by atoms with Gasteiger partial charge in [0.15, 0.2) is 11.5 Å². The summed E-state index contributed by atoms with van der Waals surface area (Å²) in [6, 6.07) is 10.1. The van der Waals surface area contributed by atoms with Crippen molar-refractivity contribution in [3.8, 4) is 11.5 Å². The average Bonchev–Trinajstić information content (AvgIpc) is 2.60. The van der Waals surface area contributed by atoms with E-state index in [1.807, 2.05) is 0 Å². The second-order valence-electron chi connectivity index (χ2n) is 5.28. The first-order valence-corrected chi connectivity index (χ1v) is 7.37. The third kappa shape index (κ3) is 3.45. The van der Waals surface area contributed by atoms with Crippen LogP contribution in [0.25, 0.3) is 10.9 Å². The molecule has 0 spiro atoms. The largest absolute Gasteiger partial charge is 0.493 e. The Morgan fingerprint density at radius 3 is 2.16 bits per heavy atom. The van der Waals surface area contributed by atoms with E-state index in [9.17, 15) is 13.2 Å². The molecule has 0 bridgehead atoms. The van der Waals surface area contributed by atoms with E-state index in [0.29, 0.717) is 28.4 Å². The zero-order valence-corrected chi connectivity index (χ0v) is 13.5. The van der Waals surface area contributed by atoms with E-state index < -0.39 is 11.7 Å². The molecule has 3 rings (SSSR count). The van der Waals surface area contributed by atoms with Crippen molar-refractivity contribution in [1.82, 2.24) is 4.98 Å². The smallest absolute Gasteiger partial charge is 0.416 e. The fourth-order valence-corrected chi connectivity index (χ4v) is 2.48. The highest BCUT2D eigenvalue weighted by Gasteiger charge is 2.29. The van der Waals surface area contributed by atoms with E-state index in [4.69, 9.17) is 9.47 Å². The van der Waals surface area contributed by atoms with Gasteiger partial charge in [-0.3, -0.25) is 4.98 Å². The number of ether oxygens (including phenoxy) is 2. The standard InChI is InChI=1S/C18H15F3N2O2/c1-24-16-9-13-14(7-8-22-15(13)10-17(16)25-2)23-12-5-3-11(4-6-12)18(19,20)21/h3-10H,1-2H3,(H,22,23). The summed E-state index contributed by atoms with van der Waals surface area (Å²) in [5.41, 5.74) is 1.22. The molecule has 0 fully saturated rings. The van der Waals surface area contributed by atoms with Crippen LogP contribution in [0.5, 0.6) is 11.5 Å². The molecule has 0 saturated heterocycles. The van der Waals surface area contributed by atoms with Gasteiger partial charge < -0.3 is 14.8 Å². The lowest BCUT2D eigenvalue weighted by Gasteiger charge is -2.13. The van der Waals surface area contributed by atoms with E-state index in [0.717, 1.165) is 17.5 Å². The molecule has 0 amide bonds. The summed E-state index contributed by atoms with van der Waals surface area (Å²) in [6.07, 6.45) is -2.74. The number of methoxy groups -OCH3 is 2. The lowest BCUT2D eigenvalue weighted by molar-refractivity contribution is -0.137. The number of rotatable bonds is 4. The highest BCUT2D eigenvalue weighted by Crippen LogP contribution is 2.36. The van der Waals surface area contributed by atoms with E-state index in [-0.39, 0.29) is 0 Å². The maximum atomic E-state index is 12.7. The third-order valence-electron chi connectivity index (χ3n) is 3.74. The summed E-state index contributed by atoms with van der Waals surface area (Å²) in [5.74, 6) is 1.09. The van der Waals surface area contributed by atoms with Gasteiger partial charge in [-0.2, -0.15) is 13.2 Å². The van der Waals surface area contributed by atoms with Crippen LogP contribution in [0.1, 0.15) is 5.56 Å². The Balaban J connectivity index is 1.98. The van der Waals surface area contributed by atoms with Crippen LogP contribution in [0.4, 0.5) is 24.5 Å². The van der Waals surface area contributed by atoms with Gasteiger partial charge in [-0.1, -0.05) is 0 Å². The number of nitrogens with zero attached hydrogens (tertiary/aromatic N) is 1. The normalized spacial score (nSPS) is 11.4. The lowest BCUT2D eigenvalue weighted by Crippen LogP contribution is -2.04. The average molecular weight is 348 g/mol. The summed E-state index contributed by atoms with van der Waals surface area (Å²) < 4.78 is 48.5. The van der Waals surface area contributed by atoms with E-state index in [2.05, 4.69) is 10.3 Å². The fourth-order valence-electron chi connectivity index (χ4n) is 2.48. The molecule has 4 nitrogen and oxygen atoms in total. The molecule has 0 aliphatic carbocycles. The highest BCUT2D eigenvalue weighted by atomic mass is 19.4. The number of benzene rings is 2.